The van der Waals surface area contributed by atoms with Crippen LogP contribution < -0.4 is 5.73 Å². The van der Waals surface area contributed by atoms with Gasteiger partial charge >= 0.3 is 0 Å². The van der Waals surface area contributed by atoms with Crippen molar-refractivity contribution >= 4 is 0 Å². The average Bonchev–Trinajstić information content (AvgIpc) is 2.75. The molecule has 2 fully saturated rings. The van der Waals surface area contributed by atoms with Gasteiger partial charge in [0.05, 0.1) is 0 Å². The first-order valence-electron chi connectivity index (χ1n) is 6.84. The van der Waals surface area contributed by atoms with Gasteiger partial charge in [0, 0.05) is 38.4 Å². The molecule has 4 nitrogen and oxygen atoms in total. The van der Waals surface area contributed by atoms with Crippen molar-refractivity contribution in [1.82, 2.24) is 9.80 Å². The van der Waals surface area contributed by atoms with Crippen LogP contribution >= 0.6 is 0 Å². The number of hydrogen-bond acceptors (Lipinski definition) is 4. The van der Waals surface area contributed by atoms with E-state index in [1.54, 1.807) is 0 Å². The maximum atomic E-state index is 6.03. The highest BCUT2D eigenvalue weighted by atomic mass is 16.5. The van der Waals surface area contributed by atoms with E-state index in [2.05, 4.69) is 23.9 Å². The highest BCUT2D eigenvalue weighted by molar-refractivity contribution is 4.93. The van der Waals surface area contributed by atoms with Crippen LogP contribution in [0.5, 0.6) is 0 Å². The van der Waals surface area contributed by atoms with Gasteiger partial charge in [0.25, 0.3) is 0 Å². The van der Waals surface area contributed by atoms with E-state index in [1.165, 1.54) is 26.1 Å². The minimum absolute atomic E-state index is 0.194. The smallest absolute Gasteiger partial charge is 0.0484 e. The van der Waals surface area contributed by atoms with Crippen molar-refractivity contribution in [3.63, 3.8) is 0 Å². The van der Waals surface area contributed by atoms with Gasteiger partial charge in [-0.3, -0.25) is 4.90 Å². The molecule has 2 rings (SSSR count). The predicted octanol–water partition coefficient (Wildman–Crippen LogP) is 0.378. The minimum Gasteiger partial charge on any atom is -0.381 e. The molecule has 0 spiro atoms. The monoisotopic (exact) mass is 241 g/mol. The van der Waals surface area contributed by atoms with Crippen molar-refractivity contribution in [3.8, 4) is 0 Å². The molecular formula is C13H27N3O. The van der Waals surface area contributed by atoms with Crippen LogP contribution in [0.4, 0.5) is 0 Å². The van der Waals surface area contributed by atoms with E-state index in [0.717, 1.165) is 38.5 Å². The van der Waals surface area contributed by atoms with Crippen LogP contribution in [0.15, 0.2) is 0 Å². The Morgan fingerprint density at radius 2 is 2.12 bits per heavy atom. The molecule has 1 atom stereocenters. The van der Waals surface area contributed by atoms with E-state index in [-0.39, 0.29) is 5.54 Å². The van der Waals surface area contributed by atoms with E-state index >= 15 is 0 Å². The molecule has 100 valence electrons. The summed E-state index contributed by atoms with van der Waals surface area (Å²) in [6, 6.07) is 0. The van der Waals surface area contributed by atoms with Gasteiger partial charge in [-0.1, -0.05) is 0 Å². The predicted molar refractivity (Wildman–Crippen MR) is 70.1 cm³/mol. The lowest BCUT2D eigenvalue weighted by atomic mass is 9.87. The Morgan fingerprint density at radius 3 is 2.65 bits per heavy atom. The standard InChI is InChI=1S/C13H27N3O/c1-15-6-3-12(9-15)10-16(2)13(11-14)4-7-17-8-5-13/h12H,3-11,14H2,1-2H3. The number of ether oxygens (including phenoxy) is 1. The van der Waals surface area contributed by atoms with Gasteiger partial charge in [-0.25, -0.2) is 0 Å². The molecule has 2 N–H and O–H groups in total. The van der Waals surface area contributed by atoms with Gasteiger partial charge in [0.1, 0.15) is 0 Å². The summed E-state index contributed by atoms with van der Waals surface area (Å²) in [6.45, 7) is 6.16. The third-order valence-corrected chi connectivity index (χ3v) is 4.63. The van der Waals surface area contributed by atoms with Gasteiger partial charge in [-0.05, 0) is 45.8 Å². The number of rotatable bonds is 4. The number of hydrogen-bond donors (Lipinski definition) is 1. The zero-order chi connectivity index (χ0) is 12.3. The van der Waals surface area contributed by atoms with E-state index in [4.69, 9.17) is 10.5 Å². The van der Waals surface area contributed by atoms with E-state index < -0.39 is 0 Å². The third kappa shape index (κ3) is 2.99. The number of nitrogens with two attached hydrogens (primary N) is 1. The molecule has 1 unspecified atom stereocenters. The van der Waals surface area contributed by atoms with Crippen LogP contribution in [0.1, 0.15) is 19.3 Å². The van der Waals surface area contributed by atoms with Gasteiger partial charge in [0.15, 0.2) is 0 Å². The molecule has 4 heteroatoms. The van der Waals surface area contributed by atoms with Gasteiger partial charge in [-0.15, -0.1) is 0 Å². The summed E-state index contributed by atoms with van der Waals surface area (Å²) in [5, 5.41) is 0. The van der Waals surface area contributed by atoms with Crippen molar-refractivity contribution in [2.24, 2.45) is 11.7 Å². The van der Waals surface area contributed by atoms with Gasteiger partial charge in [-0.2, -0.15) is 0 Å². The molecule has 17 heavy (non-hydrogen) atoms. The molecule has 0 amide bonds. The summed E-state index contributed by atoms with van der Waals surface area (Å²) in [5.41, 5.74) is 6.23. The summed E-state index contributed by atoms with van der Waals surface area (Å²) in [5.74, 6) is 0.816. The van der Waals surface area contributed by atoms with Crippen LogP contribution in [-0.2, 0) is 4.74 Å². The van der Waals surface area contributed by atoms with Crippen molar-refractivity contribution in [3.05, 3.63) is 0 Å². The molecule has 0 aromatic heterocycles. The first-order valence-corrected chi connectivity index (χ1v) is 6.84. The van der Waals surface area contributed by atoms with Crippen LogP contribution in [0, 0.1) is 5.92 Å². The summed E-state index contributed by atoms with van der Waals surface area (Å²) in [6.07, 6.45) is 3.50. The minimum atomic E-state index is 0.194. The molecule has 2 saturated heterocycles. The van der Waals surface area contributed by atoms with Crippen LogP contribution in [0.25, 0.3) is 0 Å². The zero-order valence-electron chi connectivity index (χ0n) is 11.3. The Bertz CT molecular complexity index is 241. The molecule has 2 aliphatic rings. The van der Waals surface area contributed by atoms with Crippen molar-refractivity contribution in [2.75, 3.05) is 53.5 Å². The fraction of sp³-hybridized carbons (Fsp3) is 1.00. The maximum Gasteiger partial charge on any atom is 0.0484 e. The Kier molecular flexibility index (Phi) is 4.42. The number of likely N-dealkylation sites (N-methyl/N-ethyl adjacent to an activating group) is 1. The first-order chi connectivity index (χ1) is 8.16. The fourth-order valence-corrected chi connectivity index (χ4v) is 3.25. The fourth-order valence-electron chi connectivity index (χ4n) is 3.25. The molecule has 0 aromatic rings. The SMILES string of the molecule is CN1CCC(CN(C)C2(CN)CCOCC2)C1. The van der Waals surface area contributed by atoms with E-state index in [9.17, 15) is 0 Å². The van der Waals surface area contributed by atoms with E-state index in [0.29, 0.717) is 0 Å². The highest BCUT2D eigenvalue weighted by Gasteiger charge is 2.36. The quantitative estimate of drug-likeness (QED) is 0.772. The van der Waals surface area contributed by atoms with Gasteiger partial charge in [0.2, 0.25) is 0 Å². The summed E-state index contributed by atoms with van der Waals surface area (Å²) < 4.78 is 5.47. The maximum absolute atomic E-state index is 6.03. The van der Waals surface area contributed by atoms with Gasteiger partial charge < -0.3 is 15.4 Å². The zero-order valence-corrected chi connectivity index (χ0v) is 11.3. The largest absolute Gasteiger partial charge is 0.381 e. The lowest BCUT2D eigenvalue weighted by molar-refractivity contribution is -0.0179. The molecule has 2 heterocycles. The second kappa shape index (κ2) is 5.65. The Morgan fingerprint density at radius 1 is 1.41 bits per heavy atom. The molecular weight excluding hydrogens is 214 g/mol. The van der Waals surface area contributed by atoms with Crippen molar-refractivity contribution in [1.29, 1.82) is 0 Å². The second-order valence-corrected chi connectivity index (χ2v) is 5.84. The molecule has 0 saturated carbocycles. The average molecular weight is 241 g/mol. The van der Waals surface area contributed by atoms with Crippen LogP contribution in [0.3, 0.4) is 0 Å². The Hall–Kier alpha value is -0.160. The first kappa shape index (κ1) is 13.3. The van der Waals surface area contributed by atoms with E-state index in [1.807, 2.05) is 0 Å². The molecule has 0 aromatic carbocycles. The Labute approximate surface area is 105 Å². The summed E-state index contributed by atoms with van der Waals surface area (Å²) in [7, 11) is 4.46. The lowest BCUT2D eigenvalue weighted by Gasteiger charge is -2.44. The second-order valence-electron chi connectivity index (χ2n) is 5.84. The molecule has 2 aliphatic heterocycles. The van der Waals surface area contributed by atoms with Crippen molar-refractivity contribution < 1.29 is 4.74 Å². The number of likely N-dealkylation sites (tertiary alicyclic amines) is 1. The normalized spacial score (nSPS) is 30.0. The number of nitrogens with zero attached hydrogens (tertiary/aromatic N) is 2. The summed E-state index contributed by atoms with van der Waals surface area (Å²) in [4.78, 5) is 4.94. The third-order valence-electron chi connectivity index (χ3n) is 4.63. The summed E-state index contributed by atoms with van der Waals surface area (Å²) >= 11 is 0. The topological polar surface area (TPSA) is 41.7 Å². The van der Waals surface area contributed by atoms with Crippen LogP contribution in [0.2, 0.25) is 0 Å². The van der Waals surface area contributed by atoms with Crippen molar-refractivity contribution in [2.45, 2.75) is 24.8 Å². The lowest BCUT2D eigenvalue weighted by Crippen LogP contribution is -2.56. The van der Waals surface area contributed by atoms with Crippen LogP contribution in [-0.4, -0.2) is 68.8 Å². The Balaban J connectivity index is 1.90. The molecule has 0 bridgehead atoms. The highest BCUT2D eigenvalue weighted by Crippen LogP contribution is 2.28. The molecule has 0 aliphatic carbocycles. The molecule has 0 radical (unpaired) electrons.